The summed E-state index contributed by atoms with van der Waals surface area (Å²) >= 11 is 0. The van der Waals surface area contributed by atoms with Crippen molar-refractivity contribution in [2.45, 2.75) is 18.7 Å². The third-order valence-corrected chi connectivity index (χ3v) is 5.43. The number of rotatable bonds is 3. The van der Waals surface area contributed by atoms with Crippen LogP contribution in [-0.4, -0.2) is 50.3 Å². The zero-order valence-electron chi connectivity index (χ0n) is 11.4. The first-order chi connectivity index (χ1) is 8.88. The summed E-state index contributed by atoms with van der Waals surface area (Å²) in [6.07, 6.45) is 0. The van der Waals surface area contributed by atoms with Gasteiger partial charge >= 0.3 is 0 Å². The molecule has 6 heteroatoms. The number of likely N-dealkylation sites (N-methyl/N-ethyl adjacent to an activating group) is 1. The van der Waals surface area contributed by atoms with Crippen molar-refractivity contribution >= 4 is 15.7 Å². The van der Waals surface area contributed by atoms with Crippen LogP contribution < -0.4 is 5.73 Å². The van der Waals surface area contributed by atoms with Crippen LogP contribution >= 0.6 is 0 Å². The van der Waals surface area contributed by atoms with Gasteiger partial charge in [0, 0.05) is 31.4 Å². The van der Waals surface area contributed by atoms with Crippen LogP contribution in [0.1, 0.15) is 12.5 Å². The minimum Gasteiger partial charge on any atom is -0.399 e. The molecule has 1 saturated heterocycles. The van der Waals surface area contributed by atoms with Gasteiger partial charge in [-0.3, -0.25) is 0 Å². The summed E-state index contributed by atoms with van der Waals surface area (Å²) in [6, 6.07) is 7.31. The van der Waals surface area contributed by atoms with Crippen molar-refractivity contribution in [1.29, 1.82) is 0 Å². The van der Waals surface area contributed by atoms with E-state index in [1.54, 1.807) is 28.6 Å². The molecule has 1 fully saturated rings. The summed E-state index contributed by atoms with van der Waals surface area (Å²) in [6.45, 7) is 3.94. The molecule has 1 atom stereocenters. The molecule has 1 heterocycles. The number of anilines is 1. The normalized spacial score (nSPS) is 22.5. The van der Waals surface area contributed by atoms with Gasteiger partial charge in [0.1, 0.15) is 0 Å². The largest absolute Gasteiger partial charge is 0.399 e. The second kappa shape index (κ2) is 5.48. The highest BCUT2D eigenvalue weighted by Gasteiger charge is 2.29. The second-order valence-electron chi connectivity index (χ2n) is 5.19. The zero-order chi connectivity index (χ0) is 14.0. The molecule has 0 aromatic heterocycles. The van der Waals surface area contributed by atoms with Gasteiger partial charge < -0.3 is 10.6 Å². The average molecular weight is 283 g/mol. The van der Waals surface area contributed by atoms with E-state index < -0.39 is 10.0 Å². The fourth-order valence-electron chi connectivity index (χ4n) is 2.25. The summed E-state index contributed by atoms with van der Waals surface area (Å²) in [5.74, 6) is 0.0223. The predicted octanol–water partition coefficient (Wildman–Crippen LogP) is 0.735. The topological polar surface area (TPSA) is 66.6 Å². The maximum atomic E-state index is 12.4. The standard InChI is InChI=1S/C13H21N3O2S/c1-11-9-16(7-6-15(11)2)19(17,18)10-12-4-3-5-13(14)8-12/h3-5,8,11H,6-7,9-10,14H2,1-2H3. The van der Waals surface area contributed by atoms with E-state index in [4.69, 9.17) is 5.73 Å². The first-order valence-electron chi connectivity index (χ1n) is 6.41. The molecule has 2 N–H and O–H groups in total. The van der Waals surface area contributed by atoms with Crippen LogP contribution in [-0.2, 0) is 15.8 Å². The lowest BCUT2D eigenvalue weighted by molar-refractivity contribution is 0.159. The lowest BCUT2D eigenvalue weighted by atomic mass is 10.2. The van der Waals surface area contributed by atoms with Gasteiger partial charge in [-0.05, 0) is 31.7 Å². The van der Waals surface area contributed by atoms with Crippen molar-refractivity contribution < 1.29 is 8.42 Å². The molecule has 1 aliphatic rings. The molecular weight excluding hydrogens is 262 g/mol. The van der Waals surface area contributed by atoms with E-state index in [0.29, 0.717) is 18.8 Å². The number of nitrogens with two attached hydrogens (primary N) is 1. The van der Waals surface area contributed by atoms with Crippen molar-refractivity contribution in [3.8, 4) is 0 Å². The van der Waals surface area contributed by atoms with Crippen molar-refractivity contribution in [1.82, 2.24) is 9.21 Å². The van der Waals surface area contributed by atoms with Gasteiger partial charge in [-0.2, -0.15) is 4.31 Å². The van der Waals surface area contributed by atoms with Gasteiger partial charge in [-0.15, -0.1) is 0 Å². The summed E-state index contributed by atoms with van der Waals surface area (Å²) < 4.78 is 26.4. The quantitative estimate of drug-likeness (QED) is 0.831. The summed E-state index contributed by atoms with van der Waals surface area (Å²) in [7, 11) is -1.24. The molecular formula is C13H21N3O2S. The monoisotopic (exact) mass is 283 g/mol. The van der Waals surface area contributed by atoms with Crippen molar-refractivity contribution in [3.05, 3.63) is 29.8 Å². The molecule has 0 aliphatic carbocycles. The van der Waals surface area contributed by atoms with E-state index in [0.717, 1.165) is 12.1 Å². The Morgan fingerprint density at radius 1 is 1.37 bits per heavy atom. The number of nitrogens with zero attached hydrogens (tertiary/aromatic N) is 2. The van der Waals surface area contributed by atoms with E-state index in [-0.39, 0.29) is 11.8 Å². The summed E-state index contributed by atoms with van der Waals surface area (Å²) in [4.78, 5) is 2.17. The highest BCUT2D eigenvalue weighted by Crippen LogP contribution is 2.17. The predicted molar refractivity (Wildman–Crippen MR) is 77.1 cm³/mol. The molecule has 0 bridgehead atoms. The molecule has 5 nitrogen and oxygen atoms in total. The van der Waals surface area contributed by atoms with Gasteiger partial charge in [0.15, 0.2) is 0 Å². The van der Waals surface area contributed by atoms with E-state index in [9.17, 15) is 8.42 Å². The Bertz CT molecular complexity index is 545. The van der Waals surface area contributed by atoms with Crippen molar-refractivity contribution in [2.24, 2.45) is 0 Å². The number of piperazine rings is 1. The van der Waals surface area contributed by atoms with Crippen LogP contribution in [0.2, 0.25) is 0 Å². The molecule has 1 aromatic carbocycles. The van der Waals surface area contributed by atoms with Crippen LogP contribution in [0, 0.1) is 0 Å². The molecule has 1 unspecified atom stereocenters. The van der Waals surface area contributed by atoms with Crippen LogP contribution in [0.3, 0.4) is 0 Å². The molecule has 2 rings (SSSR count). The molecule has 106 valence electrons. The van der Waals surface area contributed by atoms with Crippen molar-refractivity contribution in [2.75, 3.05) is 32.4 Å². The number of benzene rings is 1. The average Bonchev–Trinajstić information content (AvgIpc) is 2.32. The number of hydrogen-bond donors (Lipinski definition) is 1. The minimum absolute atomic E-state index is 0.0223. The van der Waals surface area contributed by atoms with Crippen LogP contribution in [0.15, 0.2) is 24.3 Å². The molecule has 19 heavy (non-hydrogen) atoms. The van der Waals surface area contributed by atoms with Gasteiger partial charge in [-0.25, -0.2) is 8.42 Å². The smallest absolute Gasteiger partial charge is 0.218 e. The van der Waals surface area contributed by atoms with Crippen LogP contribution in [0.5, 0.6) is 0 Å². The summed E-state index contributed by atoms with van der Waals surface area (Å²) in [5.41, 5.74) is 7.02. The number of hydrogen-bond acceptors (Lipinski definition) is 4. The number of sulfonamides is 1. The Hall–Kier alpha value is -1.11. The molecule has 1 aromatic rings. The lowest BCUT2D eigenvalue weighted by Crippen LogP contribution is -2.52. The lowest BCUT2D eigenvalue weighted by Gasteiger charge is -2.36. The van der Waals surface area contributed by atoms with E-state index in [2.05, 4.69) is 4.90 Å². The van der Waals surface area contributed by atoms with E-state index in [1.165, 1.54) is 0 Å². The minimum atomic E-state index is -3.26. The first-order valence-corrected chi connectivity index (χ1v) is 8.02. The Balaban J connectivity index is 2.10. The summed E-state index contributed by atoms with van der Waals surface area (Å²) in [5, 5.41) is 0. The van der Waals surface area contributed by atoms with Gasteiger partial charge in [0.05, 0.1) is 5.75 Å². The van der Waals surface area contributed by atoms with Crippen LogP contribution in [0.25, 0.3) is 0 Å². The molecule has 0 amide bonds. The molecule has 1 aliphatic heterocycles. The highest BCUT2D eigenvalue weighted by atomic mass is 32.2. The maximum absolute atomic E-state index is 12.4. The van der Waals surface area contributed by atoms with Gasteiger partial charge in [-0.1, -0.05) is 12.1 Å². The van der Waals surface area contributed by atoms with Crippen LogP contribution in [0.4, 0.5) is 5.69 Å². The molecule has 0 spiro atoms. The third-order valence-electron chi connectivity index (χ3n) is 3.62. The number of nitrogen functional groups attached to an aromatic ring is 1. The third kappa shape index (κ3) is 3.46. The molecule has 0 radical (unpaired) electrons. The van der Waals surface area contributed by atoms with Gasteiger partial charge in [0.25, 0.3) is 0 Å². The Morgan fingerprint density at radius 2 is 2.11 bits per heavy atom. The molecule has 0 saturated carbocycles. The first kappa shape index (κ1) is 14.3. The Kier molecular flexibility index (Phi) is 4.13. The zero-order valence-corrected chi connectivity index (χ0v) is 12.2. The Morgan fingerprint density at radius 3 is 2.74 bits per heavy atom. The fraction of sp³-hybridized carbons (Fsp3) is 0.538. The van der Waals surface area contributed by atoms with E-state index >= 15 is 0 Å². The van der Waals surface area contributed by atoms with E-state index in [1.807, 2.05) is 14.0 Å². The fourth-order valence-corrected chi connectivity index (χ4v) is 3.84. The highest BCUT2D eigenvalue weighted by molar-refractivity contribution is 7.88. The SMILES string of the molecule is CC1CN(S(=O)(=O)Cc2cccc(N)c2)CCN1C. The Labute approximate surface area is 115 Å². The second-order valence-corrected chi connectivity index (χ2v) is 7.16. The van der Waals surface area contributed by atoms with Gasteiger partial charge in [0.2, 0.25) is 10.0 Å². The maximum Gasteiger partial charge on any atom is 0.218 e. The van der Waals surface area contributed by atoms with Crippen molar-refractivity contribution in [3.63, 3.8) is 0 Å².